The second kappa shape index (κ2) is 10.0. The van der Waals surface area contributed by atoms with E-state index in [9.17, 15) is 14.4 Å². The molecular weight excluding hydrogens is 450 g/mol. The third kappa shape index (κ3) is 6.32. The summed E-state index contributed by atoms with van der Waals surface area (Å²) in [6.45, 7) is 7.01. The van der Waals surface area contributed by atoms with E-state index >= 15 is 0 Å². The van der Waals surface area contributed by atoms with E-state index in [2.05, 4.69) is 15.6 Å². The van der Waals surface area contributed by atoms with Gasteiger partial charge in [-0.05, 0) is 39.7 Å². The highest BCUT2D eigenvalue weighted by Gasteiger charge is 2.30. The van der Waals surface area contributed by atoms with Crippen molar-refractivity contribution < 1.29 is 19.1 Å². The van der Waals surface area contributed by atoms with Crippen molar-refractivity contribution in [2.45, 2.75) is 39.2 Å². The maximum absolute atomic E-state index is 13.0. The Hall–Kier alpha value is -2.40. The Morgan fingerprint density at radius 3 is 2.59 bits per heavy atom. The third-order valence-corrected chi connectivity index (χ3v) is 7.16. The summed E-state index contributed by atoms with van der Waals surface area (Å²) in [5.41, 5.74) is -0.562. The second-order valence-electron chi connectivity index (χ2n) is 8.98. The minimum absolute atomic E-state index is 0.0457. The Morgan fingerprint density at radius 2 is 1.94 bits per heavy atom. The molecule has 1 saturated heterocycles. The Kier molecular flexibility index (Phi) is 7.60. The Balaban J connectivity index is 1.49. The van der Waals surface area contributed by atoms with Gasteiger partial charge in [-0.2, -0.15) is 0 Å². The smallest absolute Gasteiger partial charge is 0.407 e. The van der Waals surface area contributed by atoms with Gasteiger partial charge in [0, 0.05) is 40.3 Å². The van der Waals surface area contributed by atoms with Crippen LogP contribution >= 0.6 is 22.7 Å². The molecule has 0 aliphatic carbocycles. The van der Waals surface area contributed by atoms with Crippen LogP contribution in [0.4, 0.5) is 9.93 Å². The number of carbonyl (C=O) groups excluding carboxylic acids is 3. The van der Waals surface area contributed by atoms with Crippen molar-refractivity contribution in [1.29, 1.82) is 0 Å². The van der Waals surface area contributed by atoms with Crippen molar-refractivity contribution in [3.8, 4) is 0 Å². The Labute approximate surface area is 196 Å². The van der Waals surface area contributed by atoms with Crippen molar-refractivity contribution in [3.05, 3.63) is 10.9 Å². The monoisotopic (exact) mass is 481 g/mol. The number of hydrogen-bond acceptors (Lipinski definition) is 8. The van der Waals surface area contributed by atoms with Gasteiger partial charge in [-0.15, -0.1) is 11.3 Å². The van der Waals surface area contributed by atoms with Gasteiger partial charge < -0.3 is 25.2 Å². The van der Waals surface area contributed by atoms with Crippen molar-refractivity contribution in [2.24, 2.45) is 5.92 Å². The van der Waals surface area contributed by atoms with Crippen molar-refractivity contribution >= 4 is 55.2 Å². The number of rotatable bonds is 6. The van der Waals surface area contributed by atoms with E-state index < -0.39 is 11.7 Å². The molecule has 9 nitrogen and oxygen atoms in total. The first-order chi connectivity index (χ1) is 15.0. The average Bonchev–Trinajstić information content (AvgIpc) is 3.29. The predicted molar refractivity (Wildman–Crippen MR) is 128 cm³/mol. The number of anilines is 1. The highest BCUT2D eigenvalue weighted by molar-refractivity contribution is 7.29. The average molecular weight is 482 g/mol. The summed E-state index contributed by atoms with van der Waals surface area (Å²) in [4.78, 5) is 47.1. The number of nitrogens with one attached hydrogen (secondary N) is 2. The third-order valence-electron chi connectivity index (χ3n) is 4.84. The van der Waals surface area contributed by atoms with Crippen LogP contribution in [0.1, 0.15) is 43.3 Å². The van der Waals surface area contributed by atoms with Crippen molar-refractivity contribution in [2.75, 3.05) is 45.2 Å². The fourth-order valence-corrected chi connectivity index (χ4v) is 5.46. The molecule has 1 atom stereocenters. The molecule has 176 valence electrons. The molecule has 11 heteroatoms. The van der Waals surface area contributed by atoms with Crippen LogP contribution in [0, 0.1) is 5.92 Å². The number of ether oxygens (including phenoxy) is 1. The SMILES string of the molecule is CN(C)c1nc2sc(C(=O)N3CCCC(C(=O)NCCNC(=O)OC(C)(C)C)C3)cc2s1. The van der Waals surface area contributed by atoms with E-state index in [-0.39, 0.29) is 24.3 Å². The largest absolute Gasteiger partial charge is 0.444 e. The number of thiophene rings is 1. The standard InChI is InChI=1S/C21H31N5O4S2/c1-21(2,3)30-20(29)23-9-8-22-16(27)13-7-6-10-26(12-13)18(28)15-11-14-17(31-15)24-19(32-14)25(4)5/h11,13H,6-10,12H2,1-5H3,(H,22,27)(H,23,29). The lowest BCUT2D eigenvalue weighted by molar-refractivity contribution is -0.126. The number of amides is 3. The van der Waals surface area contributed by atoms with Gasteiger partial charge in [0.05, 0.1) is 15.5 Å². The number of fused-ring (bicyclic) bond motifs is 1. The van der Waals surface area contributed by atoms with Gasteiger partial charge in [-0.1, -0.05) is 11.3 Å². The molecule has 0 spiro atoms. The number of nitrogens with zero attached hydrogens (tertiary/aromatic N) is 3. The zero-order valence-corrected chi connectivity index (χ0v) is 20.8. The number of piperidine rings is 1. The number of thiazole rings is 1. The van der Waals surface area contributed by atoms with Gasteiger partial charge in [0.1, 0.15) is 10.4 Å². The van der Waals surface area contributed by atoms with Crippen LogP contribution in [0.3, 0.4) is 0 Å². The molecule has 1 aliphatic rings. The molecule has 1 aliphatic heterocycles. The van der Waals surface area contributed by atoms with Crippen LogP contribution in [-0.2, 0) is 9.53 Å². The topological polar surface area (TPSA) is 104 Å². The lowest BCUT2D eigenvalue weighted by Crippen LogP contribution is -2.46. The Morgan fingerprint density at radius 1 is 1.22 bits per heavy atom. The molecule has 32 heavy (non-hydrogen) atoms. The highest BCUT2D eigenvalue weighted by Crippen LogP contribution is 2.34. The zero-order chi connectivity index (χ0) is 23.5. The fraction of sp³-hybridized carbons (Fsp3) is 0.619. The molecule has 2 N–H and O–H groups in total. The molecule has 2 aromatic heterocycles. The molecule has 1 unspecified atom stereocenters. The maximum Gasteiger partial charge on any atom is 0.407 e. The molecule has 0 saturated carbocycles. The fourth-order valence-electron chi connectivity index (χ4n) is 3.36. The lowest BCUT2D eigenvalue weighted by Gasteiger charge is -2.31. The summed E-state index contributed by atoms with van der Waals surface area (Å²) < 4.78 is 6.17. The first kappa shape index (κ1) is 24.2. The first-order valence-electron chi connectivity index (χ1n) is 10.6. The molecule has 3 heterocycles. The summed E-state index contributed by atoms with van der Waals surface area (Å²) >= 11 is 2.96. The van der Waals surface area contributed by atoms with Crippen LogP contribution in [0.2, 0.25) is 0 Å². The number of carbonyl (C=O) groups is 3. The summed E-state index contributed by atoms with van der Waals surface area (Å²) in [6, 6.07) is 1.90. The van der Waals surface area contributed by atoms with E-state index in [1.165, 1.54) is 11.3 Å². The molecule has 3 rings (SSSR count). The van der Waals surface area contributed by atoms with Gasteiger partial charge in [-0.25, -0.2) is 9.78 Å². The summed E-state index contributed by atoms with van der Waals surface area (Å²) in [7, 11) is 3.89. The predicted octanol–water partition coefficient (Wildman–Crippen LogP) is 2.92. The van der Waals surface area contributed by atoms with E-state index in [1.54, 1.807) is 37.0 Å². The molecule has 0 bridgehead atoms. The van der Waals surface area contributed by atoms with E-state index in [1.807, 2.05) is 25.1 Å². The minimum Gasteiger partial charge on any atom is -0.444 e. The van der Waals surface area contributed by atoms with Crippen LogP contribution in [0.5, 0.6) is 0 Å². The molecular formula is C21H31N5O4S2. The molecule has 3 amide bonds. The van der Waals surface area contributed by atoms with Gasteiger partial charge >= 0.3 is 6.09 Å². The molecule has 0 aromatic carbocycles. The number of likely N-dealkylation sites (tertiary alicyclic amines) is 1. The summed E-state index contributed by atoms with van der Waals surface area (Å²) in [5, 5.41) is 6.38. The van der Waals surface area contributed by atoms with Crippen LogP contribution in [0.25, 0.3) is 9.53 Å². The number of alkyl carbamates (subject to hydrolysis) is 1. The molecule has 1 fully saturated rings. The normalized spacial score (nSPS) is 16.7. The lowest BCUT2D eigenvalue weighted by atomic mass is 9.97. The van der Waals surface area contributed by atoms with Crippen molar-refractivity contribution in [1.82, 2.24) is 20.5 Å². The molecule has 2 aromatic rings. The van der Waals surface area contributed by atoms with Gasteiger partial charge in [-0.3, -0.25) is 9.59 Å². The van der Waals surface area contributed by atoms with Gasteiger partial charge in [0.25, 0.3) is 5.91 Å². The van der Waals surface area contributed by atoms with Crippen LogP contribution < -0.4 is 15.5 Å². The summed E-state index contributed by atoms with van der Waals surface area (Å²) in [5.74, 6) is -0.401. The zero-order valence-electron chi connectivity index (χ0n) is 19.2. The highest BCUT2D eigenvalue weighted by atomic mass is 32.1. The van der Waals surface area contributed by atoms with Crippen molar-refractivity contribution in [3.63, 3.8) is 0 Å². The van der Waals surface area contributed by atoms with E-state index in [0.29, 0.717) is 24.5 Å². The maximum atomic E-state index is 13.0. The Bertz CT molecular complexity index is 947. The van der Waals surface area contributed by atoms with Gasteiger partial charge in [0.2, 0.25) is 5.91 Å². The summed E-state index contributed by atoms with van der Waals surface area (Å²) in [6.07, 6.45) is 1.01. The second-order valence-corrected chi connectivity index (χ2v) is 11.0. The first-order valence-corrected chi connectivity index (χ1v) is 12.3. The quantitative estimate of drug-likeness (QED) is 0.615. The van der Waals surface area contributed by atoms with Crippen LogP contribution in [0.15, 0.2) is 6.07 Å². The van der Waals surface area contributed by atoms with Crippen LogP contribution in [-0.4, -0.2) is 73.7 Å². The number of hydrogen-bond donors (Lipinski definition) is 2. The molecule has 0 radical (unpaired) electrons. The van der Waals surface area contributed by atoms with Gasteiger partial charge in [0.15, 0.2) is 5.13 Å². The van der Waals surface area contributed by atoms with E-state index in [0.717, 1.165) is 27.5 Å². The number of aromatic nitrogens is 1. The van der Waals surface area contributed by atoms with E-state index in [4.69, 9.17) is 4.74 Å². The minimum atomic E-state index is -0.562.